The van der Waals surface area contributed by atoms with Crippen molar-refractivity contribution in [2.45, 2.75) is 32.7 Å². The molecule has 6 nitrogen and oxygen atoms in total. The van der Waals surface area contributed by atoms with E-state index < -0.39 is 5.97 Å². The molecule has 6 heteroatoms. The molecule has 0 unspecified atom stereocenters. The van der Waals surface area contributed by atoms with Gasteiger partial charge in [-0.1, -0.05) is 59.7 Å². The third-order valence-electron chi connectivity index (χ3n) is 5.83. The van der Waals surface area contributed by atoms with E-state index in [4.69, 9.17) is 14.7 Å². The Morgan fingerprint density at radius 3 is 1.94 bits per heavy atom. The molecule has 3 aromatic carbocycles. The van der Waals surface area contributed by atoms with Gasteiger partial charge in [0.15, 0.2) is 6.61 Å². The Morgan fingerprint density at radius 1 is 0.824 bits per heavy atom. The first-order chi connectivity index (χ1) is 16.5. The topological polar surface area (TPSA) is 81.2 Å². The summed E-state index contributed by atoms with van der Waals surface area (Å²) >= 11 is 0. The van der Waals surface area contributed by atoms with E-state index in [-0.39, 0.29) is 18.6 Å². The van der Waals surface area contributed by atoms with Gasteiger partial charge in [-0.2, -0.15) is 0 Å². The van der Waals surface area contributed by atoms with Gasteiger partial charge < -0.3 is 10.1 Å². The molecule has 0 atom stereocenters. The molecule has 0 radical (unpaired) electrons. The zero-order valence-corrected chi connectivity index (χ0v) is 19.2. The van der Waals surface area contributed by atoms with Crippen LogP contribution >= 0.6 is 0 Å². The molecule has 1 N–H and O–H groups in total. The standard InChI is InChI=1S/C28H25N3O3/c1-17-3-7-19(8-4-17)26-27(20-9-5-18(2)6-10-20)31-24-15-21(11-14-23(24)30-26)28(33)34-16-25(32)29-22-12-13-22/h3-11,14-15,22H,12-13,16H2,1-2H3,(H,29,32). The molecule has 1 heterocycles. The number of esters is 1. The predicted molar refractivity (Wildman–Crippen MR) is 131 cm³/mol. The van der Waals surface area contributed by atoms with Gasteiger partial charge in [-0.05, 0) is 44.9 Å². The lowest BCUT2D eigenvalue weighted by atomic mass is 10.0. The second kappa shape index (κ2) is 9.06. The van der Waals surface area contributed by atoms with Crippen LogP contribution in [-0.4, -0.2) is 34.5 Å². The third-order valence-corrected chi connectivity index (χ3v) is 5.83. The minimum absolute atomic E-state index is 0.227. The highest BCUT2D eigenvalue weighted by Gasteiger charge is 2.24. The normalized spacial score (nSPS) is 13.0. The van der Waals surface area contributed by atoms with Gasteiger partial charge in [0.05, 0.1) is 28.0 Å². The van der Waals surface area contributed by atoms with Crippen LogP contribution in [0.25, 0.3) is 33.5 Å². The number of hydrogen-bond acceptors (Lipinski definition) is 5. The minimum atomic E-state index is -0.561. The van der Waals surface area contributed by atoms with Crippen molar-refractivity contribution in [3.05, 3.63) is 83.4 Å². The molecule has 0 saturated heterocycles. The number of fused-ring (bicyclic) bond motifs is 1. The lowest BCUT2D eigenvalue weighted by Gasteiger charge is -2.12. The fourth-order valence-corrected chi connectivity index (χ4v) is 3.72. The van der Waals surface area contributed by atoms with Crippen LogP contribution in [-0.2, 0) is 9.53 Å². The quantitative estimate of drug-likeness (QED) is 0.417. The first-order valence-corrected chi connectivity index (χ1v) is 11.4. The number of benzene rings is 3. The first kappa shape index (κ1) is 21.8. The van der Waals surface area contributed by atoms with Gasteiger partial charge in [0.1, 0.15) is 0 Å². The second-order valence-corrected chi connectivity index (χ2v) is 8.77. The van der Waals surface area contributed by atoms with Crippen LogP contribution in [0.5, 0.6) is 0 Å². The summed E-state index contributed by atoms with van der Waals surface area (Å²) in [6, 6.07) is 21.6. The lowest BCUT2D eigenvalue weighted by Crippen LogP contribution is -2.30. The van der Waals surface area contributed by atoms with E-state index in [1.807, 2.05) is 50.2 Å². The number of aromatic nitrogens is 2. The molecule has 4 aromatic rings. The molecule has 1 amide bonds. The predicted octanol–water partition coefficient (Wildman–Crippen LogP) is 5.02. The zero-order chi connectivity index (χ0) is 23.7. The molecule has 34 heavy (non-hydrogen) atoms. The van der Waals surface area contributed by atoms with Crippen molar-refractivity contribution in [3.8, 4) is 22.5 Å². The zero-order valence-electron chi connectivity index (χ0n) is 19.2. The van der Waals surface area contributed by atoms with Crippen molar-refractivity contribution in [2.24, 2.45) is 0 Å². The molecule has 170 valence electrons. The maximum Gasteiger partial charge on any atom is 0.338 e. The Kier molecular flexibility index (Phi) is 5.80. The van der Waals surface area contributed by atoms with Gasteiger partial charge in [0, 0.05) is 17.2 Å². The number of hydrogen-bond donors (Lipinski definition) is 1. The van der Waals surface area contributed by atoms with Crippen molar-refractivity contribution < 1.29 is 14.3 Å². The summed E-state index contributed by atoms with van der Waals surface area (Å²) in [4.78, 5) is 34.2. The van der Waals surface area contributed by atoms with E-state index in [0.29, 0.717) is 16.6 Å². The van der Waals surface area contributed by atoms with E-state index in [9.17, 15) is 9.59 Å². The molecule has 0 spiro atoms. The van der Waals surface area contributed by atoms with Crippen molar-refractivity contribution in [2.75, 3.05) is 6.61 Å². The molecule has 0 aliphatic heterocycles. The van der Waals surface area contributed by atoms with Gasteiger partial charge in [0.2, 0.25) is 0 Å². The molecule has 1 saturated carbocycles. The van der Waals surface area contributed by atoms with Crippen LogP contribution in [0.1, 0.15) is 34.3 Å². The SMILES string of the molecule is Cc1ccc(-c2nc3ccc(C(=O)OCC(=O)NC4CC4)cc3nc2-c2ccc(C)cc2)cc1. The minimum Gasteiger partial charge on any atom is -0.452 e. The summed E-state index contributed by atoms with van der Waals surface area (Å²) in [6.07, 6.45) is 1.97. The lowest BCUT2D eigenvalue weighted by molar-refractivity contribution is -0.124. The monoisotopic (exact) mass is 451 g/mol. The Morgan fingerprint density at radius 2 is 1.38 bits per heavy atom. The highest BCUT2D eigenvalue weighted by molar-refractivity contribution is 5.96. The fraction of sp³-hybridized carbons (Fsp3) is 0.214. The van der Waals surface area contributed by atoms with Crippen LogP contribution in [0.4, 0.5) is 0 Å². The number of carbonyl (C=O) groups is 2. The van der Waals surface area contributed by atoms with Crippen LogP contribution < -0.4 is 5.32 Å². The van der Waals surface area contributed by atoms with Crippen LogP contribution in [0.2, 0.25) is 0 Å². The molecule has 0 bridgehead atoms. The molecule has 5 rings (SSSR count). The van der Waals surface area contributed by atoms with E-state index in [1.54, 1.807) is 18.2 Å². The van der Waals surface area contributed by atoms with Crippen molar-refractivity contribution >= 4 is 22.9 Å². The van der Waals surface area contributed by atoms with Crippen LogP contribution in [0, 0.1) is 13.8 Å². The van der Waals surface area contributed by atoms with Gasteiger partial charge in [-0.3, -0.25) is 4.79 Å². The van der Waals surface area contributed by atoms with Gasteiger partial charge >= 0.3 is 5.97 Å². The molecule has 1 aliphatic rings. The van der Waals surface area contributed by atoms with Crippen LogP contribution in [0.15, 0.2) is 66.7 Å². The maximum absolute atomic E-state index is 12.6. The molecular formula is C28H25N3O3. The fourth-order valence-electron chi connectivity index (χ4n) is 3.72. The Labute approximate surface area is 198 Å². The van der Waals surface area contributed by atoms with E-state index >= 15 is 0 Å². The average Bonchev–Trinajstić information content (AvgIpc) is 3.66. The first-order valence-electron chi connectivity index (χ1n) is 11.4. The summed E-state index contributed by atoms with van der Waals surface area (Å²) in [5.74, 6) is -0.838. The number of amides is 1. The largest absolute Gasteiger partial charge is 0.452 e. The number of nitrogens with zero attached hydrogens (tertiary/aromatic N) is 2. The Bertz CT molecular complexity index is 1370. The van der Waals surface area contributed by atoms with E-state index in [0.717, 1.165) is 40.9 Å². The number of aryl methyl sites for hydroxylation is 2. The van der Waals surface area contributed by atoms with E-state index in [2.05, 4.69) is 17.4 Å². The number of carbonyl (C=O) groups excluding carboxylic acids is 2. The second-order valence-electron chi connectivity index (χ2n) is 8.77. The highest BCUT2D eigenvalue weighted by Crippen LogP contribution is 2.31. The summed E-state index contributed by atoms with van der Waals surface area (Å²) < 4.78 is 5.20. The van der Waals surface area contributed by atoms with Gasteiger partial charge in [-0.15, -0.1) is 0 Å². The molecule has 1 aromatic heterocycles. The summed E-state index contributed by atoms with van der Waals surface area (Å²) in [6.45, 7) is 3.80. The van der Waals surface area contributed by atoms with Gasteiger partial charge in [-0.25, -0.2) is 14.8 Å². The van der Waals surface area contributed by atoms with Crippen LogP contribution in [0.3, 0.4) is 0 Å². The number of ether oxygens (including phenoxy) is 1. The summed E-state index contributed by atoms with van der Waals surface area (Å²) in [7, 11) is 0. The third kappa shape index (κ3) is 4.81. The van der Waals surface area contributed by atoms with Crippen molar-refractivity contribution in [3.63, 3.8) is 0 Å². The molecule has 1 fully saturated rings. The summed E-state index contributed by atoms with van der Waals surface area (Å²) in [5.41, 5.74) is 7.36. The highest BCUT2D eigenvalue weighted by atomic mass is 16.5. The number of nitrogens with one attached hydrogen (secondary N) is 1. The Hall–Kier alpha value is -4.06. The smallest absolute Gasteiger partial charge is 0.338 e. The van der Waals surface area contributed by atoms with Crippen molar-refractivity contribution in [1.82, 2.24) is 15.3 Å². The molecular weight excluding hydrogens is 426 g/mol. The average molecular weight is 452 g/mol. The Balaban J connectivity index is 1.50. The van der Waals surface area contributed by atoms with Gasteiger partial charge in [0.25, 0.3) is 5.91 Å². The van der Waals surface area contributed by atoms with Crippen molar-refractivity contribution in [1.29, 1.82) is 0 Å². The van der Waals surface area contributed by atoms with E-state index in [1.165, 1.54) is 5.56 Å². The maximum atomic E-state index is 12.6. The number of rotatable bonds is 6. The molecule has 1 aliphatic carbocycles. The summed E-state index contributed by atoms with van der Waals surface area (Å²) in [5, 5.41) is 2.81.